The largest absolute Gasteiger partial charge is 0.519 e. The van der Waals surface area contributed by atoms with E-state index in [1.54, 1.807) is 105 Å². The fourth-order valence-electron chi connectivity index (χ4n) is 7.67. The zero-order valence-corrected chi connectivity index (χ0v) is 43.2. The van der Waals surface area contributed by atoms with E-state index in [2.05, 4.69) is 38.7 Å². The predicted molar refractivity (Wildman–Crippen MR) is 284 cm³/mol. The summed E-state index contributed by atoms with van der Waals surface area (Å²) in [5.74, 6) is 12.7. The number of amides is 1. The Morgan fingerprint density at radius 3 is 1.43 bits per heavy atom. The van der Waals surface area contributed by atoms with Gasteiger partial charge in [0.2, 0.25) is 0 Å². The quantitative estimate of drug-likeness (QED) is 0.0686. The molecule has 3 N–H and O–H groups in total. The second kappa shape index (κ2) is 24.9. The van der Waals surface area contributed by atoms with Gasteiger partial charge in [0.1, 0.15) is 40.1 Å². The number of hydrogen-bond acceptors (Lipinski definition) is 12. The second-order valence-electron chi connectivity index (χ2n) is 20.7. The van der Waals surface area contributed by atoms with Gasteiger partial charge in [0.25, 0.3) is 11.1 Å². The zero-order chi connectivity index (χ0) is 54.0. The van der Waals surface area contributed by atoms with Crippen molar-refractivity contribution in [1.82, 2.24) is 24.4 Å². The highest BCUT2D eigenvalue weighted by atomic mass is 19.1. The highest BCUT2D eigenvalue weighted by molar-refractivity contribution is 5.80. The lowest BCUT2D eigenvalue weighted by Crippen LogP contribution is -2.39. The number of hydrogen-bond donors (Lipinski definition) is 2. The van der Waals surface area contributed by atoms with Crippen LogP contribution in [0.15, 0.2) is 94.5 Å². The van der Waals surface area contributed by atoms with Gasteiger partial charge in [-0.05, 0) is 161 Å². The van der Waals surface area contributed by atoms with Crippen molar-refractivity contribution in [3.8, 4) is 23.7 Å². The van der Waals surface area contributed by atoms with E-state index in [0.717, 1.165) is 24.2 Å². The van der Waals surface area contributed by atoms with Crippen molar-refractivity contribution in [3.63, 3.8) is 0 Å². The molecule has 2 aromatic heterocycles. The van der Waals surface area contributed by atoms with E-state index in [1.165, 1.54) is 24.3 Å². The van der Waals surface area contributed by atoms with E-state index in [1.807, 2.05) is 26.8 Å². The standard InChI is InChI=1S/C26H26FN3O3.C21H18FN3O.C10H18O5.CH4/c1-26(2,3)33-25(32)28-20-10-12-23-29-22-16-18(8-7-17-5-4-6-19(27)15-17)9-11-21(22)24(31)30(23)14-13-20;22-16-3-1-2-14(12-16)4-5-15-6-8-18-19(13-15)24-20-9-7-17(23)10-11-25(20)21(18)26;1-9(2,3)14-7(11)13-8(12)15-10(4,5)6;/h4-6,9,11,15-16,20H,10,12-14H2,1-3H3,(H,28,32);1-3,6,8,12-13,17H,7,9-11,23H2;1-6H3;1H4. The molecule has 75 heavy (non-hydrogen) atoms. The lowest BCUT2D eigenvalue weighted by atomic mass is 10.1. The molecule has 4 heterocycles. The summed E-state index contributed by atoms with van der Waals surface area (Å²) in [6, 6.07) is 22.9. The van der Waals surface area contributed by atoms with Crippen molar-refractivity contribution < 1.29 is 42.1 Å². The molecule has 396 valence electrons. The number of alkyl carbamates (subject to hydrolysis) is 1. The van der Waals surface area contributed by atoms with E-state index < -0.39 is 35.2 Å². The monoisotopic (exact) mass is 1030 g/mol. The Kier molecular flexibility index (Phi) is 19.3. The van der Waals surface area contributed by atoms with Crippen molar-refractivity contribution in [2.75, 3.05) is 0 Å². The first-order valence-corrected chi connectivity index (χ1v) is 24.3. The van der Waals surface area contributed by atoms with Crippen molar-refractivity contribution in [1.29, 1.82) is 0 Å². The smallest absolute Gasteiger partial charge is 0.444 e. The van der Waals surface area contributed by atoms with E-state index in [-0.39, 0.29) is 42.3 Å². The molecule has 15 nitrogen and oxygen atoms in total. The van der Waals surface area contributed by atoms with Gasteiger partial charge in [0.15, 0.2) is 0 Å². The number of rotatable bonds is 1. The average molecular weight is 1030 g/mol. The van der Waals surface area contributed by atoms with Crippen molar-refractivity contribution in [3.05, 3.63) is 151 Å². The highest BCUT2D eigenvalue weighted by Crippen LogP contribution is 2.20. The molecule has 4 aromatic carbocycles. The summed E-state index contributed by atoms with van der Waals surface area (Å²) >= 11 is 0. The molecule has 6 aromatic rings. The first-order valence-electron chi connectivity index (χ1n) is 24.3. The maximum Gasteiger partial charge on any atom is 0.519 e. The summed E-state index contributed by atoms with van der Waals surface area (Å²) in [4.78, 5) is 69.4. The molecular formula is C58H66F2N6O9. The Labute approximate surface area is 436 Å². The third-order valence-corrected chi connectivity index (χ3v) is 11.0. The van der Waals surface area contributed by atoms with Crippen LogP contribution in [0.3, 0.4) is 0 Å². The Hall–Kier alpha value is -7.89. The molecular weight excluding hydrogens is 963 g/mol. The topological polar surface area (TPSA) is 196 Å². The molecule has 1 amide bonds. The third kappa shape index (κ3) is 17.9. The van der Waals surface area contributed by atoms with E-state index >= 15 is 0 Å². The molecule has 0 fully saturated rings. The summed E-state index contributed by atoms with van der Waals surface area (Å²) < 4.78 is 49.2. The zero-order valence-electron chi connectivity index (χ0n) is 43.2. The summed E-state index contributed by atoms with van der Waals surface area (Å²) in [7, 11) is 0. The molecule has 0 saturated heterocycles. The van der Waals surface area contributed by atoms with Crippen LogP contribution < -0.4 is 22.2 Å². The fourth-order valence-corrected chi connectivity index (χ4v) is 7.67. The lowest BCUT2D eigenvalue weighted by Gasteiger charge is -2.22. The van der Waals surface area contributed by atoms with Gasteiger partial charge in [0.05, 0.1) is 21.8 Å². The maximum absolute atomic E-state index is 13.4. The SMILES string of the molecule is C.CC(C)(C)OC(=O)NC1CCc2nc3cc(C#Cc4cccc(F)c4)ccc3c(=O)n2CC1.CC(C)(C)OC(=O)OC(=O)OC(C)(C)C.NC1CCc2nc3cc(C#Cc4cccc(F)c4)ccc3c(=O)n2CC1. The van der Waals surface area contributed by atoms with Gasteiger partial charge in [-0.2, -0.15) is 0 Å². The van der Waals surface area contributed by atoms with E-state index in [4.69, 9.17) is 24.9 Å². The minimum absolute atomic E-state index is 0. The van der Waals surface area contributed by atoms with Gasteiger partial charge in [-0.1, -0.05) is 43.2 Å². The minimum atomic E-state index is -1.06. The average Bonchev–Trinajstić information content (AvgIpc) is 3.61. The van der Waals surface area contributed by atoms with Crippen LogP contribution in [0.4, 0.5) is 23.2 Å². The number of halogens is 2. The summed E-state index contributed by atoms with van der Waals surface area (Å²) in [5.41, 5.74) is 7.79. The minimum Gasteiger partial charge on any atom is -0.444 e. The Morgan fingerprint density at radius 2 is 1.00 bits per heavy atom. The van der Waals surface area contributed by atoms with Crippen LogP contribution in [-0.4, -0.2) is 66.4 Å². The molecule has 2 atom stereocenters. The lowest BCUT2D eigenvalue weighted by molar-refractivity contribution is -0.0294. The van der Waals surface area contributed by atoms with Crippen LogP contribution >= 0.6 is 0 Å². The number of ether oxygens (including phenoxy) is 4. The van der Waals surface area contributed by atoms with Crippen molar-refractivity contribution >= 4 is 40.2 Å². The normalized spacial score (nSPS) is 15.0. The molecule has 0 aliphatic carbocycles. The van der Waals surface area contributed by atoms with Crippen LogP contribution in [0, 0.1) is 35.3 Å². The number of carbonyl (C=O) groups is 3. The maximum atomic E-state index is 13.4. The molecule has 0 spiro atoms. The van der Waals surface area contributed by atoms with Gasteiger partial charge < -0.3 is 30.0 Å². The third-order valence-electron chi connectivity index (χ3n) is 11.0. The molecule has 8 rings (SSSR count). The summed E-state index contributed by atoms with van der Waals surface area (Å²) in [6.07, 6.45) is 1.59. The predicted octanol–water partition coefficient (Wildman–Crippen LogP) is 10.3. The van der Waals surface area contributed by atoms with Gasteiger partial charge in [-0.15, -0.1) is 0 Å². The molecule has 0 saturated carbocycles. The van der Waals surface area contributed by atoms with E-state index in [9.17, 15) is 32.8 Å². The number of nitrogens with two attached hydrogens (primary N) is 1. The number of benzene rings is 4. The van der Waals surface area contributed by atoms with Crippen LogP contribution in [0.1, 0.15) is 129 Å². The molecule has 2 aliphatic heterocycles. The van der Waals surface area contributed by atoms with Gasteiger partial charge in [0, 0.05) is 60.3 Å². The van der Waals surface area contributed by atoms with E-state index in [0.29, 0.717) is 83.1 Å². The first-order chi connectivity index (χ1) is 34.8. The second-order valence-corrected chi connectivity index (χ2v) is 20.7. The molecule has 2 aliphatic rings. The number of carbonyl (C=O) groups excluding carboxylic acids is 3. The number of nitrogens with zero attached hydrogens (tertiary/aromatic N) is 4. The number of aromatic nitrogens is 4. The molecule has 2 unspecified atom stereocenters. The fraction of sp³-hybridized carbons (Fsp3) is 0.397. The summed E-state index contributed by atoms with van der Waals surface area (Å²) in [6.45, 7) is 16.6. The van der Waals surface area contributed by atoms with Gasteiger partial charge in [-0.25, -0.2) is 33.1 Å². The molecule has 17 heteroatoms. The summed E-state index contributed by atoms with van der Waals surface area (Å²) in [5, 5.41) is 4.01. The van der Waals surface area contributed by atoms with Gasteiger partial charge in [-0.3, -0.25) is 18.7 Å². The van der Waals surface area contributed by atoms with Crippen LogP contribution in [0.5, 0.6) is 0 Å². The Bertz CT molecular complexity index is 3280. The van der Waals surface area contributed by atoms with Crippen molar-refractivity contribution in [2.45, 2.75) is 150 Å². The first kappa shape index (κ1) is 58.0. The van der Waals surface area contributed by atoms with Crippen LogP contribution in [-0.2, 0) is 44.9 Å². The molecule has 0 radical (unpaired) electrons. The Balaban J connectivity index is 0.000000222. The Morgan fingerprint density at radius 1 is 0.587 bits per heavy atom. The number of fused-ring (bicyclic) bond motifs is 4. The number of nitrogens with one attached hydrogen (secondary N) is 1. The highest BCUT2D eigenvalue weighted by Gasteiger charge is 2.26. The van der Waals surface area contributed by atoms with Crippen molar-refractivity contribution in [2.24, 2.45) is 5.73 Å². The van der Waals surface area contributed by atoms with Crippen LogP contribution in [0.2, 0.25) is 0 Å². The number of aryl methyl sites for hydroxylation is 2. The van der Waals surface area contributed by atoms with Crippen LogP contribution in [0.25, 0.3) is 21.8 Å². The molecule has 0 bridgehead atoms. The van der Waals surface area contributed by atoms with Gasteiger partial charge >= 0.3 is 18.4 Å².